The van der Waals surface area contributed by atoms with Gasteiger partial charge in [-0.05, 0) is 24.3 Å². The van der Waals surface area contributed by atoms with Gasteiger partial charge in [0.2, 0.25) is 0 Å². The summed E-state index contributed by atoms with van der Waals surface area (Å²) >= 11 is 7.47. The van der Waals surface area contributed by atoms with Gasteiger partial charge in [-0.3, -0.25) is 9.59 Å². The highest BCUT2D eigenvalue weighted by atomic mass is 35.5. The van der Waals surface area contributed by atoms with Crippen molar-refractivity contribution in [1.29, 1.82) is 0 Å². The van der Waals surface area contributed by atoms with E-state index in [0.29, 0.717) is 41.1 Å². The molecule has 7 nitrogen and oxygen atoms in total. The minimum atomic E-state index is -0.638. The average Bonchev–Trinajstić information content (AvgIpc) is 3.30. The molecule has 0 spiro atoms. The van der Waals surface area contributed by atoms with Crippen molar-refractivity contribution in [1.82, 2.24) is 14.3 Å². The number of ether oxygens (including phenoxy) is 1. The van der Waals surface area contributed by atoms with Crippen LogP contribution < -0.4 is 10.9 Å². The molecule has 3 aromatic heterocycles. The fourth-order valence-electron chi connectivity index (χ4n) is 2.83. The second-order valence-electron chi connectivity index (χ2n) is 7.85. The van der Waals surface area contributed by atoms with Gasteiger partial charge < -0.3 is 14.6 Å². The molecule has 30 heavy (non-hydrogen) atoms. The number of hydrogen-bond donors (Lipinski definition) is 1. The first-order chi connectivity index (χ1) is 14.2. The van der Waals surface area contributed by atoms with E-state index in [1.807, 2.05) is 32.9 Å². The smallest absolute Gasteiger partial charge is 0.260 e. The fourth-order valence-corrected chi connectivity index (χ4v) is 3.86. The molecular formula is C21H25ClN4O3S. The normalized spacial score (nSPS) is 11.6. The van der Waals surface area contributed by atoms with E-state index in [4.69, 9.17) is 16.3 Å². The number of anilines is 1. The minimum Gasteiger partial charge on any atom is -0.383 e. The van der Waals surface area contributed by atoms with Crippen LogP contribution in [0.4, 0.5) is 5.82 Å². The third-order valence-corrected chi connectivity index (χ3v) is 5.68. The van der Waals surface area contributed by atoms with E-state index in [2.05, 4.69) is 10.4 Å². The van der Waals surface area contributed by atoms with E-state index in [1.165, 1.54) is 16.0 Å². The summed E-state index contributed by atoms with van der Waals surface area (Å²) in [4.78, 5) is 26.9. The lowest BCUT2D eigenvalue weighted by atomic mass is 9.96. The monoisotopic (exact) mass is 448 g/mol. The van der Waals surface area contributed by atoms with Crippen LogP contribution in [-0.4, -0.2) is 34.0 Å². The molecule has 3 aromatic rings. The number of rotatable bonds is 7. The van der Waals surface area contributed by atoms with Crippen molar-refractivity contribution in [3.8, 4) is 11.3 Å². The van der Waals surface area contributed by atoms with Crippen molar-refractivity contribution in [2.24, 2.45) is 5.41 Å². The minimum absolute atomic E-state index is 0.170. The number of carbonyl (C=O) groups is 1. The van der Waals surface area contributed by atoms with Crippen LogP contribution >= 0.6 is 22.9 Å². The van der Waals surface area contributed by atoms with Crippen LogP contribution in [0.25, 0.3) is 11.3 Å². The molecule has 0 unspecified atom stereocenters. The summed E-state index contributed by atoms with van der Waals surface area (Å²) in [5.74, 6) is 0.359. The topological polar surface area (TPSA) is 78.2 Å². The molecule has 0 aliphatic rings. The fraction of sp³-hybridized carbons (Fsp3) is 0.381. The van der Waals surface area contributed by atoms with Gasteiger partial charge in [0, 0.05) is 36.2 Å². The van der Waals surface area contributed by atoms with Gasteiger partial charge in [0.15, 0.2) is 0 Å². The number of nitrogens with zero attached hydrogens (tertiary/aromatic N) is 3. The molecule has 3 heterocycles. The van der Waals surface area contributed by atoms with Gasteiger partial charge in [0.05, 0.1) is 23.1 Å². The second kappa shape index (κ2) is 9.16. The lowest BCUT2D eigenvalue weighted by molar-refractivity contribution is 0.0752. The number of halogens is 1. The Morgan fingerprint density at radius 2 is 2.07 bits per heavy atom. The molecule has 160 valence electrons. The molecule has 0 radical (unpaired) electrons. The molecule has 0 aliphatic heterocycles. The zero-order valence-corrected chi connectivity index (χ0v) is 19.0. The molecule has 0 saturated heterocycles. The summed E-state index contributed by atoms with van der Waals surface area (Å²) in [5, 5.41) is 7.74. The first-order valence-corrected chi connectivity index (χ1v) is 10.7. The Morgan fingerprint density at radius 3 is 2.70 bits per heavy atom. The van der Waals surface area contributed by atoms with Gasteiger partial charge in [-0.25, -0.2) is 0 Å². The summed E-state index contributed by atoms with van der Waals surface area (Å²) < 4.78 is 8.69. The van der Waals surface area contributed by atoms with E-state index >= 15 is 0 Å². The zero-order chi connectivity index (χ0) is 21.9. The van der Waals surface area contributed by atoms with Gasteiger partial charge >= 0.3 is 0 Å². The quantitative estimate of drug-likeness (QED) is 0.580. The number of carbonyl (C=O) groups excluding carboxylic acids is 1. The molecule has 0 atom stereocenters. The predicted molar refractivity (Wildman–Crippen MR) is 121 cm³/mol. The number of aromatic nitrogens is 3. The van der Waals surface area contributed by atoms with Crippen LogP contribution in [-0.2, 0) is 17.8 Å². The maximum atomic E-state index is 13.0. The highest BCUT2D eigenvalue weighted by Gasteiger charge is 2.27. The maximum Gasteiger partial charge on any atom is 0.260 e. The van der Waals surface area contributed by atoms with E-state index in [1.54, 1.807) is 36.1 Å². The van der Waals surface area contributed by atoms with E-state index in [9.17, 15) is 9.59 Å². The van der Waals surface area contributed by atoms with E-state index in [-0.39, 0.29) is 11.5 Å². The van der Waals surface area contributed by atoms with Gasteiger partial charge in [-0.1, -0.05) is 32.4 Å². The Labute approximate surface area is 184 Å². The standard InChI is InChI=1S/C21H25ClN4O3S/c1-21(2,3)20(28)26-18(23-13-14-7-8-17(22)30-14)12-16(24-26)15-6-5-9-25(19(15)27)10-11-29-4/h5-9,12,23H,10-11,13H2,1-4H3. The van der Waals surface area contributed by atoms with Crippen molar-refractivity contribution in [2.45, 2.75) is 33.9 Å². The summed E-state index contributed by atoms with van der Waals surface area (Å²) in [6.45, 7) is 6.86. The molecule has 1 N–H and O–H groups in total. The number of thiophene rings is 1. The maximum absolute atomic E-state index is 13.0. The molecule has 9 heteroatoms. The number of methoxy groups -OCH3 is 1. The van der Waals surface area contributed by atoms with E-state index in [0.717, 1.165) is 4.88 Å². The Kier molecular flexibility index (Phi) is 6.80. The molecule has 0 aliphatic carbocycles. The Morgan fingerprint density at radius 1 is 1.30 bits per heavy atom. The van der Waals surface area contributed by atoms with Crippen molar-refractivity contribution in [2.75, 3.05) is 19.0 Å². The van der Waals surface area contributed by atoms with Gasteiger partial charge in [0.1, 0.15) is 11.5 Å². The summed E-state index contributed by atoms with van der Waals surface area (Å²) in [5.41, 5.74) is 0.0489. The van der Waals surface area contributed by atoms with Crippen LogP contribution in [0.15, 0.2) is 41.3 Å². The Hall–Kier alpha value is -2.42. The van der Waals surface area contributed by atoms with Crippen LogP contribution in [0.1, 0.15) is 30.4 Å². The van der Waals surface area contributed by atoms with Crippen LogP contribution in [0.3, 0.4) is 0 Å². The van der Waals surface area contributed by atoms with E-state index < -0.39 is 5.41 Å². The first kappa shape index (κ1) is 22.3. The van der Waals surface area contributed by atoms with Crippen molar-refractivity contribution in [3.63, 3.8) is 0 Å². The molecule has 0 fully saturated rings. The van der Waals surface area contributed by atoms with Crippen LogP contribution in [0, 0.1) is 5.41 Å². The van der Waals surface area contributed by atoms with Crippen molar-refractivity contribution >= 4 is 34.7 Å². The first-order valence-electron chi connectivity index (χ1n) is 9.52. The number of pyridine rings is 1. The highest BCUT2D eigenvalue weighted by molar-refractivity contribution is 7.16. The summed E-state index contributed by atoms with van der Waals surface area (Å²) in [6.07, 6.45) is 1.71. The zero-order valence-electron chi connectivity index (χ0n) is 17.4. The van der Waals surface area contributed by atoms with Crippen molar-refractivity contribution in [3.05, 3.63) is 56.1 Å². The third kappa shape index (κ3) is 5.00. The lowest BCUT2D eigenvalue weighted by Gasteiger charge is -2.18. The average molecular weight is 449 g/mol. The molecule has 0 saturated carbocycles. The largest absolute Gasteiger partial charge is 0.383 e. The summed E-state index contributed by atoms with van der Waals surface area (Å²) in [7, 11) is 1.59. The predicted octanol–water partition coefficient (Wildman–Crippen LogP) is 4.37. The summed E-state index contributed by atoms with van der Waals surface area (Å²) in [6, 6.07) is 8.99. The molecule has 3 rings (SSSR count). The molecule has 0 aromatic carbocycles. The number of hydrogen-bond acceptors (Lipinski definition) is 6. The number of nitrogens with one attached hydrogen (secondary N) is 1. The second-order valence-corrected chi connectivity index (χ2v) is 9.65. The van der Waals surface area contributed by atoms with Gasteiger partial charge in [-0.15, -0.1) is 11.3 Å². The molecule has 0 amide bonds. The lowest BCUT2D eigenvalue weighted by Crippen LogP contribution is -2.29. The molecule has 0 bridgehead atoms. The van der Waals surface area contributed by atoms with Crippen LogP contribution in [0.5, 0.6) is 0 Å². The Bertz CT molecular complexity index is 1090. The van der Waals surface area contributed by atoms with Crippen molar-refractivity contribution < 1.29 is 9.53 Å². The van der Waals surface area contributed by atoms with Gasteiger partial charge in [-0.2, -0.15) is 9.78 Å². The Balaban J connectivity index is 1.99. The SMILES string of the molecule is COCCn1cccc(-c2cc(NCc3ccc(Cl)s3)n(C(=O)C(C)(C)C)n2)c1=O. The highest BCUT2D eigenvalue weighted by Crippen LogP contribution is 2.26. The third-order valence-electron chi connectivity index (χ3n) is 4.45. The van der Waals surface area contributed by atoms with Gasteiger partial charge in [0.25, 0.3) is 11.5 Å². The van der Waals surface area contributed by atoms with Crippen LogP contribution in [0.2, 0.25) is 4.34 Å². The molecular weight excluding hydrogens is 424 g/mol.